The largest absolute Gasteiger partial charge is 1.00 e. The van der Waals surface area contributed by atoms with Gasteiger partial charge >= 0.3 is 51.4 Å². The zero-order valence-electron chi connectivity index (χ0n) is 7.58. The van der Waals surface area contributed by atoms with E-state index in [4.69, 9.17) is 5.11 Å². The summed E-state index contributed by atoms with van der Waals surface area (Å²) in [6, 6.07) is 0.213. The monoisotopic (exact) mass is 181 g/mol. The normalized spacial score (nSPS) is 20.2. The van der Waals surface area contributed by atoms with Gasteiger partial charge in [0, 0.05) is 6.61 Å². The van der Waals surface area contributed by atoms with E-state index in [1.165, 1.54) is 19.3 Å². The van der Waals surface area contributed by atoms with E-state index < -0.39 is 0 Å². The predicted octanol–water partition coefficient (Wildman–Crippen LogP) is -1.45. The van der Waals surface area contributed by atoms with Gasteiger partial charge in [-0.05, 0) is 5.92 Å². The van der Waals surface area contributed by atoms with E-state index in [-0.39, 0.29) is 64.0 Å². The summed E-state index contributed by atoms with van der Waals surface area (Å²) in [6.07, 6.45) is 5.19. The molecular weight excluding hydrogens is 165 g/mol. The average molecular weight is 181 g/mol. The summed E-state index contributed by atoms with van der Waals surface area (Å²) >= 11 is 0. The average Bonchev–Trinajstić information content (AvgIpc) is 1.87. The number of aliphatic hydroxyl groups excluding tert-OH is 1. The van der Waals surface area contributed by atoms with Crippen molar-refractivity contribution in [1.82, 2.24) is 0 Å². The first-order valence-electron chi connectivity index (χ1n) is 4.06. The van der Waals surface area contributed by atoms with Gasteiger partial charge in [-0.1, -0.05) is 25.7 Å². The molecule has 1 atom stereocenters. The van der Waals surface area contributed by atoms with Crippen LogP contribution in [0.3, 0.4) is 0 Å². The third-order valence-electron chi connectivity index (χ3n) is 2.41. The van der Waals surface area contributed by atoms with Gasteiger partial charge in [-0.2, -0.15) is 7.05 Å². The van der Waals surface area contributed by atoms with Crippen molar-refractivity contribution in [2.45, 2.75) is 31.7 Å². The van der Waals surface area contributed by atoms with Crippen LogP contribution in [-0.2, 0) is 0 Å². The van der Waals surface area contributed by atoms with Gasteiger partial charge in [-0.25, -0.2) is 0 Å². The van der Waals surface area contributed by atoms with Gasteiger partial charge in [-0.3, -0.25) is 0 Å². The van der Waals surface area contributed by atoms with Crippen LogP contribution in [0, 0.1) is 5.92 Å². The van der Waals surface area contributed by atoms with E-state index in [0.29, 0.717) is 0 Å². The zero-order valence-corrected chi connectivity index (χ0v) is 10.7. The molecule has 1 saturated carbocycles. The smallest absolute Gasteiger partial charge is 0.660 e. The fraction of sp³-hybridized carbons (Fsp3) is 1.00. The zero-order chi connectivity index (χ0) is 7.40. The maximum absolute atomic E-state index is 8.80. The molecule has 0 aromatic rings. The summed E-state index contributed by atoms with van der Waals surface area (Å²) in [5.74, 6) is 0.862. The summed E-state index contributed by atoms with van der Waals surface area (Å²) in [4.78, 5) is 0. The first kappa shape index (κ1) is 12.6. The number of likely N-dealkylation sites (N-methyl/N-ethyl adjacent to an activating group) is 1. The van der Waals surface area contributed by atoms with Gasteiger partial charge in [0.15, 0.2) is 0 Å². The fourth-order valence-corrected chi connectivity index (χ4v) is 1.37. The van der Waals surface area contributed by atoms with Crippen LogP contribution in [0.4, 0.5) is 0 Å². The Morgan fingerprint density at radius 1 is 1.55 bits per heavy atom. The molecule has 0 amide bonds. The van der Waals surface area contributed by atoms with Crippen molar-refractivity contribution in [3.8, 4) is 0 Å². The van der Waals surface area contributed by atoms with Gasteiger partial charge in [-0.15, -0.1) is 6.04 Å². The Morgan fingerprint density at radius 2 is 2.18 bits per heavy atom. The number of nitrogens with zero attached hydrogens (tertiary/aromatic N) is 1. The van der Waals surface area contributed by atoms with Gasteiger partial charge in [0.1, 0.15) is 0 Å². The Balaban J connectivity index is 0.000001000. The number of hydrogen-bond acceptors (Lipinski definition) is 1. The van der Waals surface area contributed by atoms with E-state index in [0.717, 1.165) is 12.3 Å². The van der Waals surface area contributed by atoms with E-state index in [2.05, 4.69) is 5.32 Å². The second-order valence-corrected chi connectivity index (χ2v) is 3.13. The van der Waals surface area contributed by atoms with Crippen LogP contribution in [0.1, 0.15) is 25.7 Å². The molecule has 1 aliphatic rings. The second-order valence-electron chi connectivity index (χ2n) is 3.13. The van der Waals surface area contributed by atoms with Crippen molar-refractivity contribution < 1.29 is 56.5 Å². The molecule has 1 unspecified atom stereocenters. The molecule has 60 valence electrons. The third-order valence-corrected chi connectivity index (χ3v) is 2.41. The minimum absolute atomic E-state index is 0. The standard InChI is InChI=1S/C8H16NO.K/c1-9-8(6-10)5-7-3-2-4-7;/h7-8,10H,2-6H2,1H3;/q-1;+1. The summed E-state index contributed by atoms with van der Waals surface area (Å²) in [5, 5.41) is 12.9. The Morgan fingerprint density at radius 3 is 2.45 bits per heavy atom. The van der Waals surface area contributed by atoms with Crippen LogP contribution in [0.25, 0.3) is 5.32 Å². The van der Waals surface area contributed by atoms with E-state index in [1.54, 1.807) is 7.05 Å². The maximum Gasteiger partial charge on any atom is 1.00 e. The first-order chi connectivity index (χ1) is 4.86. The quantitative estimate of drug-likeness (QED) is 0.529. The van der Waals surface area contributed by atoms with Crippen molar-refractivity contribution in [1.29, 1.82) is 0 Å². The molecule has 2 nitrogen and oxygen atoms in total. The van der Waals surface area contributed by atoms with E-state index in [1.807, 2.05) is 0 Å². The number of aliphatic hydroxyl groups is 1. The van der Waals surface area contributed by atoms with E-state index in [9.17, 15) is 0 Å². The van der Waals surface area contributed by atoms with Crippen molar-refractivity contribution in [2.75, 3.05) is 13.7 Å². The summed E-state index contributed by atoms with van der Waals surface area (Å²) < 4.78 is 0. The van der Waals surface area contributed by atoms with Crippen molar-refractivity contribution in [3.63, 3.8) is 0 Å². The molecule has 1 aliphatic carbocycles. The minimum Gasteiger partial charge on any atom is -0.660 e. The van der Waals surface area contributed by atoms with Gasteiger partial charge in [0.05, 0.1) is 0 Å². The number of hydrogen-bond donors (Lipinski definition) is 1. The second kappa shape index (κ2) is 7.01. The van der Waals surface area contributed by atoms with Crippen molar-refractivity contribution in [3.05, 3.63) is 5.32 Å². The molecular formula is C8H16KNO. The van der Waals surface area contributed by atoms with Crippen molar-refractivity contribution in [2.24, 2.45) is 5.92 Å². The van der Waals surface area contributed by atoms with Crippen LogP contribution >= 0.6 is 0 Å². The van der Waals surface area contributed by atoms with E-state index >= 15 is 0 Å². The molecule has 3 heteroatoms. The molecule has 1 N–H and O–H groups in total. The molecule has 0 saturated heterocycles. The van der Waals surface area contributed by atoms with Crippen LogP contribution in [0.15, 0.2) is 0 Å². The fourth-order valence-electron chi connectivity index (χ4n) is 1.37. The molecule has 1 fully saturated rings. The van der Waals surface area contributed by atoms with Crippen LogP contribution < -0.4 is 51.4 Å². The number of rotatable bonds is 4. The molecule has 1 rings (SSSR count). The molecule has 11 heavy (non-hydrogen) atoms. The Labute approximate surface area is 112 Å². The summed E-state index contributed by atoms with van der Waals surface area (Å²) in [7, 11) is 1.79. The molecule has 0 aliphatic heterocycles. The van der Waals surface area contributed by atoms with Gasteiger partial charge in [0.25, 0.3) is 0 Å². The molecule has 0 radical (unpaired) electrons. The van der Waals surface area contributed by atoms with Crippen LogP contribution in [0.2, 0.25) is 0 Å². The molecule has 0 heterocycles. The minimum atomic E-state index is 0. The predicted molar refractivity (Wildman–Crippen MR) is 42.1 cm³/mol. The van der Waals surface area contributed by atoms with Gasteiger partial charge in [0.2, 0.25) is 0 Å². The Bertz CT molecular complexity index is 92.1. The topological polar surface area (TPSA) is 34.3 Å². The Kier molecular flexibility index (Phi) is 8.00. The van der Waals surface area contributed by atoms with Gasteiger partial charge < -0.3 is 10.4 Å². The Hall–Kier alpha value is 1.56. The van der Waals surface area contributed by atoms with Crippen LogP contribution in [-0.4, -0.2) is 24.8 Å². The molecule has 0 spiro atoms. The SMILES string of the molecule is C[N-]C(CO)CC1CCC1.[K+]. The molecule has 0 bridgehead atoms. The first-order valence-corrected chi connectivity index (χ1v) is 4.06. The van der Waals surface area contributed by atoms with Crippen molar-refractivity contribution >= 4 is 0 Å². The van der Waals surface area contributed by atoms with Crippen LogP contribution in [0.5, 0.6) is 0 Å². The molecule has 0 aromatic heterocycles. The summed E-state index contributed by atoms with van der Waals surface area (Å²) in [5.41, 5.74) is 0. The maximum atomic E-state index is 8.80. The molecule has 0 aromatic carbocycles. The third kappa shape index (κ3) is 4.36. The summed E-state index contributed by atoms with van der Waals surface area (Å²) in [6.45, 7) is 0.229.